The average Bonchev–Trinajstić information content (AvgIpc) is 2.57. The fourth-order valence-electron chi connectivity index (χ4n) is 2.44. The molecule has 0 saturated carbocycles. The van der Waals surface area contributed by atoms with Gasteiger partial charge in [0.1, 0.15) is 0 Å². The smallest absolute Gasteiger partial charge is 0.382 e. The van der Waals surface area contributed by atoms with Crippen molar-refractivity contribution in [2.45, 2.75) is 18.8 Å². The van der Waals surface area contributed by atoms with Gasteiger partial charge in [-0.3, -0.25) is 4.79 Å². The van der Waals surface area contributed by atoms with Crippen LogP contribution in [0.15, 0.2) is 59.4 Å². The summed E-state index contributed by atoms with van der Waals surface area (Å²) < 4.78 is 38.5. The van der Waals surface area contributed by atoms with Crippen LogP contribution in [0.5, 0.6) is 0 Å². The van der Waals surface area contributed by atoms with Crippen LogP contribution in [-0.4, -0.2) is 27.2 Å². The maximum atomic E-state index is 12.6. The average molecular weight is 334 g/mol. The molecule has 7 heteroatoms. The minimum absolute atomic E-state index is 0.251. The minimum Gasteiger partial charge on any atom is -0.382 e. The Kier molecular flexibility index (Phi) is 4.11. The second-order valence-electron chi connectivity index (χ2n) is 5.30. The van der Waals surface area contributed by atoms with Crippen molar-refractivity contribution < 1.29 is 18.3 Å². The first kappa shape index (κ1) is 16.2. The van der Waals surface area contributed by atoms with E-state index in [0.717, 1.165) is 0 Å². The minimum atomic E-state index is -4.82. The molecule has 0 aliphatic heterocycles. The van der Waals surface area contributed by atoms with Gasteiger partial charge in [0, 0.05) is 10.9 Å². The predicted molar refractivity (Wildman–Crippen MR) is 83.5 cm³/mol. The molecule has 0 aliphatic carbocycles. The molecular formula is C17H13F3N2O2. The number of alkyl halides is 3. The van der Waals surface area contributed by atoms with Gasteiger partial charge in [-0.25, -0.2) is 4.68 Å². The van der Waals surface area contributed by atoms with E-state index in [4.69, 9.17) is 0 Å². The molecule has 3 aromatic rings. The lowest BCUT2D eigenvalue weighted by Crippen LogP contribution is -2.37. The zero-order chi connectivity index (χ0) is 17.3. The van der Waals surface area contributed by atoms with Gasteiger partial charge in [0.05, 0.1) is 17.6 Å². The molecule has 0 fully saturated rings. The fourth-order valence-corrected chi connectivity index (χ4v) is 2.44. The Morgan fingerprint density at radius 3 is 2.21 bits per heavy atom. The Morgan fingerprint density at radius 1 is 1.00 bits per heavy atom. The standard InChI is InChI=1S/C17H13F3N2O2/c18-17(19,20)14(23)10-22-16(24)13-9-5-4-8-12(13)15(21-22)11-6-2-1-3-7-11/h1-9,14,23H,10H2. The molecule has 1 N–H and O–H groups in total. The number of fused-ring (bicyclic) bond motifs is 1. The van der Waals surface area contributed by atoms with Crippen molar-refractivity contribution in [1.29, 1.82) is 0 Å². The summed E-state index contributed by atoms with van der Waals surface area (Å²) in [6.07, 6.45) is -7.48. The fraction of sp³-hybridized carbons (Fsp3) is 0.176. The maximum absolute atomic E-state index is 12.6. The number of aliphatic hydroxyl groups excluding tert-OH is 1. The molecule has 0 spiro atoms. The number of hydrogen-bond acceptors (Lipinski definition) is 3. The van der Waals surface area contributed by atoms with E-state index in [0.29, 0.717) is 21.3 Å². The number of aliphatic hydroxyl groups is 1. The maximum Gasteiger partial charge on any atom is 0.416 e. The zero-order valence-electron chi connectivity index (χ0n) is 12.4. The van der Waals surface area contributed by atoms with E-state index in [-0.39, 0.29) is 5.39 Å². The lowest BCUT2D eigenvalue weighted by atomic mass is 10.1. The number of hydrogen-bond donors (Lipinski definition) is 1. The highest BCUT2D eigenvalue weighted by atomic mass is 19.4. The Labute approximate surface area is 134 Å². The van der Waals surface area contributed by atoms with Crippen LogP contribution in [0.25, 0.3) is 22.0 Å². The summed E-state index contributed by atoms with van der Waals surface area (Å²) >= 11 is 0. The zero-order valence-corrected chi connectivity index (χ0v) is 12.4. The molecule has 0 amide bonds. The van der Waals surface area contributed by atoms with Gasteiger partial charge < -0.3 is 5.11 Å². The lowest BCUT2D eigenvalue weighted by molar-refractivity contribution is -0.208. The van der Waals surface area contributed by atoms with Crippen LogP contribution in [0.1, 0.15) is 0 Å². The molecule has 4 nitrogen and oxygen atoms in total. The van der Waals surface area contributed by atoms with Crippen LogP contribution in [0.2, 0.25) is 0 Å². The van der Waals surface area contributed by atoms with Crippen molar-refractivity contribution in [3.63, 3.8) is 0 Å². The van der Waals surface area contributed by atoms with Crippen LogP contribution >= 0.6 is 0 Å². The van der Waals surface area contributed by atoms with Gasteiger partial charge in [0.25, 0.3) is 5.56 Å². The van der Waals surface area contributed by atoms with E-state index in [1.54, 1.807) is 48.5 Å². The van der Waals surface area contributed by atoms with Crippen LogP contribution in [0.3, 0.4) is 0 Å². The van der Waals surface area contributed by atoms with Gasteiger partial charge in [0.2, 0.25) is 0 Å². The molecule has 3 rings (SSSR count). The van der Waals surface area contributed by atoms with E-state index >= 15 is 0 Å². The Balaban J connectivity index is 2.21. The van der Waals surface area contributed by atoms with Crippen LogP contribution < -0.4 is 5.56 Å². The largest absolute Gasteiger partial charge is 0.416 e. The van der Waals surface area contributed by atoms with E-state index in [2.05, 4.69) is 5.10 Å². The number of rotatable bonds is 3. The van der Waals surface area contributed by atoms with Gasteiger partial charge in [-0.1, -0.05) is 48.5 Å². The van der Waals surface area contributed by atoms with Crippen molar-refractivity contribution >= 4 is 10.8 Å². The van der Waals surface area contributed by atoms with Crippen LogP contribution in [-0.2, 0) is 6.54 Å². The molecule has 1 atom stereocenters. The van der Waals surface area contributed by atoms with Crippen molar-refractivity contribution in [1.82, 2.24) is 9.78 Å². The Bertz CT molecular complexity index is 921. The SMILES string of the molecule is O=c1c2ccccc2c(-c2ccccc2)nn1CC(O)C(F)(F)F. The summed E-state index contributed by atoms with van der Waals surface area (Å²) in [7, 11) is 0. The van der Waals surface area contributed by atoms with Crippen LogP contribution in [0, 0.1) is 0 Å². The highest BCUT2D eigenvalue weighted by molar-refractivity contribution is 5.93. The van der Waals surface area contributed by atoms with Crippen molar-refractivity contribution in [3.8, 4) is 11.3 Å². The summed E-state index contributed by atoms with van der Waals surface area (Å²) in [4.78, 5) is 12.4. The number of nitrogens with zero attached hydrogens (tertiary/aromatic N) is 2. The number of aromatic nitrogens is 2. The third kappa shape index (κ3) is 3.03. The molecular weight excluding hydrogens is 321 g/mol. The van der Waals surface area contributed by atoms with Crippen molar-refractivity contribution in [3.05, 3.63) is 65.0 Å². The molecule has 2 aromatic carbocycles. The number of benzene rings is 2. The van der Waals surface area contributed by atoms with Gasteiger partial charge in [-0.2, -0.15) is 18.3 Å². The Hall–Kier alpha value is -2.67. The topological polar surface area (TPSA) is 55.1 Å². The molecule has 24 heavy (non-hydrogen) atoms. The summed E-state index contributed by atoms with van der Waals surface area (Å²) in [5, 5.41) is 14.1. The highest BCUT2D eigenvalue weighted by Crippen LogP contribution is 2.25. The third-order valence-corrected chi connectivity index (χ3v) is 3.64. The highest BCUT2D eigenvalue weighted by Gasteiger charge is 2.39. The quantitative estimate of drug-likeness (QED) is 0.801. The van der Waals surface area contributed by atoms with Gasteiger partial charge in [-0.05, 0) is 6.07 Å². The van der Waals surface area contributed by atoms with Gasteiger partial charge in [-0.15, -0.1) is 0 Å². The van der Waals surface area contributed by atoms with E-state index in [9.17, 15) is 23.1 Å². The summed E-state index contributed by atoms with van der Waals surface area (Å²) in [6.45, 7) is -0.951. The first-order chi connectivity index (χ1) is 11.4. The molecule has 1 heterocycles. The van der Waals surface area contributed by atoms with E-state index < -0.39 is 24.4 Å². The molecule has 124 valence electrons. The summed E-state index contributed by atoms with van der Waals surface area (Å²) in [5.74, 6) is 0. The first-order valence-electron chi connectivity index (χ1n) is 7.18. The lowest BCUT2D eigenvalue weighted by Gasteiger charge is -2.16. The van der Waals surface area contributed by atoms with E-state index in [1.165, 1.54) is 6.07 Å². The van der Waals surface area contributed by atoms with Crippen molar-refractivity contribution in [2.24, 2.45) is 0 Å². The number of halogens is 3. The third-order valence-electron chi connectivity index (χ3n) is 3.64. The normalized spacial score (nSPS) is 13.2. The first-order valence-corrected chi connectivity index (χ1v) is 7.18. The monoisotopic (exact) mass is 334 g/mol. The van der Waals surface area contributed by atoms with Crippen molar-refractivity contribution in [2.75, 3.05) is 0 Å². The molecule has 0 aliphatic rings. The predicted octanol–water partition coefficient (Wildman–Crippen LogP) is 2.99. The molecule has 0 saturated heterocycles. The molecule has 0 radical (unpaired) electrons. The summed E-state index contributed by atoms with van der Waals surface area (Å²) in [5.41, 5.74) is 0.387. The molecule has 1 aromatic heterocycles. The van der Waals surface area contributed by atoms with Crippen LogP contribution in [0.4, 0.5) is 13.2 Å². The molecule has 1 unspecified atom stereocenters. The van der Waals surface area contributed by atoms with Gasteiger partial charge >= 0.3 is 6.18 Å². The molecule has 0 bridgehead atoms. The second kappa shape index (κ2) is 6.09. The van der Waals surface area contributed by atoms with Gasteiger partial charge in [0.15, 0.2) is 6.10 Å². The second-order valence-corrected chi connectivity index (χ2v) is 5.30. The Morgan fingerprint density at radius 2 is 1.58 bits per heavy atom. The summed E-state index contributed by atoms with van der Waals surface area (Å²) in [6, 6.07) is 15.4. The van der Waals surface area contributed by atoms with E-state index in [1.807, 2.05) is 0 Å².